The number of aryl methyl sites for hydroxylation is 1. The van der Waals surface area contributed by atoms with Crippen LogP contribution in [0.3, 0.4) is 0 Å². The highest BCUT2D eigenvalue weighted by molar-refractivity contribution is 5.78. The van der Waals surface area contributed by atoms with E-state index < -0.39 is 6.04 Å². The summed E-state index contributed by atoms with van der Waals surface area (Å²) in [5, 5.41) is 3.15. The number of halogens is 1. The third-order valence-electron chi connectivity index (χ3n) is 2.80. The highest BCUT2D eigenvalue weighted by atomic mass is 19.1. The van der Waals surface area contributed by atoms with E-state index >= 15 is 0 Å². The first-order valence-electron chi connectivity index (χ1n) is 6.61. The van der Waals surface area contributed by atoms with Crippen LogP contribution in [0.1, 0.15) is 37.9 Å². The summed E-state index contributed by atoms with van der Waals surface area (Å²) >= 11 is 0. The molecule has 0 aliphatic rings. The zero-order valence-electron chi connectivity index (χ0n) is 12.0. The fourth-order valence-electron chi connectivity index (χ4n) is 1.82. The van der Waals surface area contributed by atoms with Crippen molar-refractivity contribution in [3.63, 3.8) is 0 Å². The van der Waals surface area contributed by atoms with Gasteiger partial charge in [0.05, 0.1) is 6.61 Å². The van der Waals surface area contributed by atoms with Crippen molar-refractivity contribution in [3.05, 3.63) is 35.1 Å². The van der Waals surface area contributed by atoms with Gasteiger partial charge in [-0.2, -0.15) is 0 Å². The van der Waals surface area contributed by atoms with Gasteiger partial charge in [-0.1, -0.05) is 19.9 Å². The van der Waals surface area contributed by atoms with Crippen molar-refractivity contribution in [1.29, 1.82) is 0 Å². The van der Waals surface area contributed by atoms with Gasteiger partial charge in [-0.3, -0.25) is 0 Å². The minimum absolute atomic E-state index is 0.313. The minimum atomic E-state index is -0.613. The Kier molecular flexibility index (Phi) is 5.96. The molecule has 0 heterocycles. The molecule has 1 aromatic carbocycles. The Bertz CT molecular complexity index is 432. The molecule has 1 atom stereocenters. The van der Waals surface area contributed by atoms with Crippen LogP contribution < -0.4 is 5.32 Å². The van der Waals surface area contributed by atoms with Crippen LogP contribution in [-0.4, -0.2) is 19.1 Å². The standard InChI is InChI=1S/C15H22FNO2/c1-5-19-15(18)14(17-9-10(2)3)13-8-12(16)7-6-11(13)4/h6-8,10,14,17H,5,9H2,1-4H3. The largest absolute Gasteiger partial charge is 0.465 e. The summed E-state index contributed by atoms with van der Waals surface area (Å²) in [5.41, 5.74) is 1.51. The second-order valence-electron chi connectivity index (χ2n) is 4.99. The van der Waals surface area contributed by atoms with E-state index in [0.717, 1.165) is 5.56 Å². The van der Waals surface area contributed by atoms with E-state index in [9.17, 15) is 9.18 Å². The maximum absolute atomic E-state index is 13.4. The van der Waals surface area contributed by atoms with Gasteiger partial charge in [0.2, 0.25) is 0 Å². The van der Waals surface area contributed by atoms with Crippen molar-refractivity contribution in [3.8, 4) is 0 Å². The summed E-state index contributed by atoms with van der Waals surface area (Å²) in [4.78, 5) is 12.0. The number of esters is 1. The molecule has 1 unspecified atom stereocenters. The van der Waals surface area contributed by atoms with Crippen LogP contribution in [0.15, 0.2) is 18.2 Å². The number of carbonyl (C=O) groups is 1. The van der Waals surface area contributed by atoms with Gasteiger partial charge in [-0.15, -0.1) is 0 Å². The van der Waals surface area contributed by atoms with Gasteiger partial charge < -0.3 is 10.1 Å². The fourth-order valence-corrected chi connectivity index (χ4v) is 1.82. The number of benzene rings is 1. The van der Waals surface area contributed by atoms with Crippen molar-refractivity contribution in [2.24, 2.45) is 5.92 Å². The molecule has 0 spiro atoms. The van der Waals surface area contributed by atoms with E-state index in [1.165, 1.54) is 12.1 Å². The van der Waals surface area contributed by atoms with E-state index in [-0.39, 0.29) is 11.8 Å². The van der Waals surface area contributed by atoms with Gasteiger partial charge in [0.25, 0.3) is 0 Å². The predicted octanol–water partition coefficient (Wildman–Crippen LogP) is 2.98. The van der Waals surface area contributed by atoms with Gasteiger partial charge in [0, 0.05) is 0 Å². The number of nitrogens with one attached hydrogen (secondary N) is 1. The lowest BCUT2D eigenvalue weighted by Crippen LogP contribution is -2.33. The number of hydrogen-bond acceptors (Lipinski definition) is 3. The van der Waals surface area contributed by atoms with Gasteiger partial charge in [-0.25, -0.2) is 9.18 Å². The Morgan fingerprint density at radius 2 is 2.11 bits per heavy atom. The number of ether oxygens (including phenoxy) is 1. The first-order valence-corrected chi connectivity index (χ1v) is 6.61. The van der Waals surface area contributed by atoms with Crippen LogP contribution in [0.5, 0.6) is 0 Å². The van der Waals surface area contributed by atoms with E-state index in [2.05, 4.69) is 5.32 Å². The van der Waals surface area contributed by atoms with Crippen LogP contribution in [0.2, 0.25) is 0 Å². The topological polar surface area (TPSA) is 38.3 Å². The van der Waals surface area contributed by atoms with E-state index in [0.29, 0.717) is 24.6 Å². The smallest absolute Gasteiger partial charge is 0.327 e. The number of hydrogen-bond donors (Lipinski definition) is 1. The SMILES string of the molecule is CCOC(=O)C(NCC(C)C)c1cc(F)ccc1C. The maximum atomic E-state index is 13.4. The molecule has 0 fully saturated rings. The van der Waals surface area contributed by atoms with Crippen LogP contribution in [0.4, 0.5) is 4.39 Å². The summed E-state index contributed by atoms with van der Waals surface area (Å²) in [7, 11) is 0. The molecule has 1 aromatic rings. The Morgan fingerprint density at radius 3 is 2.68 bits per heavy atom. The Hall–Kier alpha value is -1.42. The molecule has 19 heavy (non-hydrogen) atoms. The van der Waals surface area contributed by atoms with Gasteiger partial charge >= 0.3 is 5.97 Å². The molecule has 0 aliphatic carbocycles. The Morgan fingerprint density at radius 1 is 1.42 bits per heavy atom. The van der Waals surface area contributed by atoms with Crippen LogP contribution in [0.25, 0.3) is 0 Å². The molecule has 0 amide bonds. The average molecular weight is 267 g/mol. The van der Waals surface area contributed by atoms with Crippen molar-refractivity contribution in [1.82, 2.24) is 5.32 Å². The van der Waals surface area contributed by atoms with E-state index in [1.54, 1.807) is 13.0 Å². The van der Waals surface area contributed by atoms with Crippen LogP contribution >= 0.6 is 0 Å². The molecule has 3 nitrogen and oxygen atoms in total. The molecule has 4 heteroatoms. The minimum Gasteiger partial charge on any atom is -0.465 e. The second kappa shape index (κ2) is 7.24. The third-order valence-corrected chi connectivity index (χ3v) is 2.80. The molecule has 0 bridgehead atoms. The summed E-state index contributed by atoms with van der Waals surface area (Å²) in [6.07, 6.45) is 0. The summed E-state index contributed by atoms with van der Waals surface area (Å²) in [6, 6.07) is 3.85. The molecule has 0 saturated heterocycles. The van der Waals surface area contributed by atoms with E-state index in [4.69, 9.17) is 4.74 Å². The number of rotatable bonds is 6. The monoisotopic (exact) mass is 267 g/mol. The quantitative estimate of drug-likeness (QED) is 0.805. The third kappa shape index (κ3) is 4.63. The van der Waals surface area contributed by atoms with Crippen molar-refractivity contribution < 1.29 is 13.9 Å². The Labute approximate surface area is 114 Å². The highest BCUT2D eigenvalue weighted by Crippen LogP contribution is 2.20. The lowest BCUT2D eigenvalue weighted by Gasteiger charge is -2.20. The number of carbonyl (C=O) groups excluding carboxylic acids is 1. The molecular formula is C15H22FNO2. The average Bonchev–Trinajstić information content (AvgIpc) is 2.33. The summed E-state index contributed by atoms with van der Waals surface area (Å²) in [6.45, 7) is 8.70. The molecule has 0 aliphatic heterocycles. The fraction of sp³-hybridized carbons (Fsp3) is 0.533. The van der Waals surface area contributed by atoms with Gasteiger partial charge in [-0.05, 0) is 49.6 Å². The van der Waals surface area contributed by atoms with Gasteiger partial charge in [0.15, 0.2) is 0 Å². The lowest BCUT2D eigenvalue weighted by atomic mass is 10.0. The highest BCUT2D eigenvalue weighted by Gasteiger charge is 2.23. The summed E-state index contributed by atoms with van der Waals surface area (Å²) < 4.78 is 18.4. The molecule has 1 N–H and O–H groups in total. The molecule has 1 rings (SSSR count). The van der Waals surface area contributed by atoms with Gasteiger partial charge in [0.1, 0.15) is 11.9 Å². The second-order valence-corrected chi connectivity index (χ2v) is 4.99. The summed E-state index contributed by atoms with van der Waals surface area (Å²) in [5.74, 6) is -0.316. The molecular weight excluding hydrogens is 245 g/mol. The van der Waals surface area contributed by atoms with Crippen molar-refractivity contribution in [2.75, 3.05) is 13.2 Å². The molecule has 0 aromatic heterocycles. The molecule has 106 valence electrons. The van der Waals surface area contributed by atoms with Crippen molar-refractivity contribution in [2.45, 2.75) is 33.7 Å². The maximum Gasteiger partial charge on any atom is 0.327 e. The van der Waals surface area contributed by atoms with Crippen molar-refractivity contribution >= 4 is 5.97 Å². The Balaban J connectivity index is 3.00. The lowest BCUT2D eigenvalue weighted by molar-refractivity contribution is -0.145. The molecule has 0 saturated carbocycles. The van der Waals surface area contributed by atoms with Crippen LogP contribution in [-0.2, 0) is 9.53 Å². The van der Waals surface area contributed by atoms with E-state index in [1.807, 2.05) is 20.8 Å². The normalized spacial score (nSPS) is 12.5. The molecule has 0 radical (unpaired) electrons. The first kappa shape index (κ1) is 15.6. The first-order chi connectivity index (χ1) is 8.95. The van der Waals surface area contributed by atoms with Crippen LogP contribution in [0, 0.1) is 18.7 Å². The zero-order chi connectivity index (χ0) is 14.4. The predicted molar refractivity (Wildman–Crippen MR) is 73.4 cm³/mol. The zero-order valence-corrected chi connectivity index (χ0v) is 12.0.